The molecule has 92 valence electrons. The molecule has 0 saturated heterocycles. The molecule has 0 amide bonds. The first-order valence-corrected chi connectivity index (χ1v) is 6.79. The SMILES string of the molecule is CCn1ccnc1CNCc1cc(C)c(C)s1. The van der Waals surface area contributed by atoms with Crippen molar-refractivity contribution < 1.29 is 0 Å². The normalized spacial score (nSPS) is 11.0. The summed E-state index contributed by atoms with van der Waals surface area (Å²) in [5.74, 6) is 1.11. The Morgan fingerprint density at radius 3 is 2.82 bits per heavy atom. The zero-order valence-corrected chi connectivity index (χ0v) is 11.5. The average Bonchev–Trinajstić information content (AvgIpc) is 2.87. The molecule has 2 heterocycles. The smallest absolute Gasteiger partial charge is 0.122 e. The second-order valence-electron chi connectivity index (χ2n) is 4.18. The number of nitrogens with one attached hydrogen (secondary N) is 1. The summed E-state index contributed by atoms with van der Waals surface area (Å²) in [6.45, 7) is 9.21. The molecule has 0 radical (unpaired) electrons. The molecule has 0 saturated carbocycles. The number of thiophene rings is 1. The summed E-state index contributed by atoms with van der Waals surface area (Å²) < 4.78 is 2.16. The molecule has 2 aromatic heterocycles. The molecule has 0 bridgehead atoms. The molecule has 0 aliphatic carbocycles. The molecule has 0 fully saturated rings. The number of rotatable bonds is 5. The highest BCUT2D eigenvalue weighted by Crippen LogP contribution is 2.20. The lowest BCUT2D eigenvalue weighted by atomic mass is 10.3. The number of aryl methyl sites for hydroxylation is 3. The van der Waals surface area contributed by atoms with Crippen molar-refractivity contribution in [2.75, 3.05) is 0 Å². The van der Waals surface area contributed by atoms with Gasteiger partial charge in [-0.1, -0.05) is 0 Å². The highest BCUT2D eigenvalue weighted by molar-refractivity contribution is 7.12. The molecule has 0 spiro atoms. The Bertz CT molecular complexity index is 465. The summed E-state index contributed by atoms with van der Waals surface area (Å²) in [5.41, 5.74) is 1.39. The van der Waals surface area contributed by atoms with Crippen molar-refractivity contribution >= 4 is 11.3 Å². The second-order valence-corrected chi connectivity index (χ2v) is 5.53. The third-order valence-corrected chi connectivity index (χ3v) is 4.09. The zero-order chi connectivity index (χ0) is 12.3. The summed E-state index contributed by atoms with van der Waals surface area (Å²) in [6.07, 6.45) is 3.89. The van der Waals surface area contributed by atoms with Gasteiger partial charge in [-0.3, -0.25) is 0 Å². The van der Waals surface area contributed by atoms with Crippen LogP contribution in [-0.4, -0.2) is 9.55 Å². The minimum atomic E-state index is 0.830. The third kappa shape index (κ3) is 2.96. The van der Waals surface area contributed by atoms with Crippen molar-refractivity contribution in [3.8, 4) is 0 Å². The van der Waals surface area contributed by atoms with Crippen molar-refractivity contribution in [2.45, 2.75) is 40.4 Å². The van der Waals surface area contributed by atoms with Gasteiger partial charge in [0, 0.05) is 35.2 Å². The van der Waals surface area contributed by atoms with Gasteiger partial charge in [-0.15, -0.1) is 11.3 Å². The maximum atomic E-state index is 4.34. The topological polar surface area (TPSA) is 29.9 Å². The van der Waals surface area contributed by atoms with E-state index in [0.29, 0.717) is 0 Å². The Morgan fingerprint density at radius 1 is 1.35 bits per heavy atom. The minimum absolute atomic E-state index is 0.830. The number of nitrogens with zero attached hydrogens (tertiary/aromatic N) is 2. The van der Waals surface area contributed by atoms with E-state index >= 15 is 0 Å². The molecular formula is C13H19N3S. The first kappa shape index (κ1) is 12.3. The summed E-state index contributed by atoms with van der Waals surface area (Å²) >= 11 is 1.87. The van der Waals surface area contributed by atoms with E-state index in [0.717, 1.165) is 25.5 Å². The van der Waals surface area contributed by atoms with Gasteiger partial charge < -0.3 is 9.88 Å². The van der Waals surface area contributed by atoms with Crippen LogP contribution in [0.25, 0.3) is 0 Å². The Labute approximate surface area is 107 Å². The summed E-state index contributed by atoms with van der Waals surface area (Å²) in [5, 5.41) is 3.45. The molecule has 0 atom stereocenters. The molecule has 1 N–H and O–H groups in total. The molecule has 0 unspecified atom stereocenters. The number of aromatic nitrogens is 2. The maximum absolute atomic E-state index is 4.34. The van der Waals surface area contributed by atoms with Crippen LogP contribution in [0.2, 0.25) is 0 Å². The molecule has 4 heteroatoms. The highest BCUT2D eigenvalue weighted by Gasteiger charge is 2.03. The summed E-state index contributed by atoms with van der Waals surface area (Å²) in [4.78, 5) is 7.16. The Morgan fingerprint density at radius 2 is 2.18 bits per heavy atom. The van der Waals surface area contributed by atoms with E-state index in [1.807, 2.05) is 23.7 Å². The van der Waals surface area contributed by atoms with Gasteiger partial charge in [-0.05, 0) is 32.4 Å². The predicted octanol–water partition coefficient (Wildman–Crippen LogP) is 2.87. The first-order valence-electron chi connectivity index (χ1n) is 5.97. The minimum Gasteiger partial charge on any atom is -0.334 e. The zero-order valence-electron chi connectivity index (χ0n) is 10.7. The second kappa shape index (κ2) is 5.47. The van der Waals surface area contributed by atoms with Crippen molar-refractivity contribution in [1.82, 2.24) is 14.9 Å². The molecule has 2 rings (SSSR count). The summed E-state index contributed by atoms with van der Waals surface area (Å²) in [6, 6.07) is 2.26. The van der Waals surface area contributed by atoms with Crippen LogP contribution in [0.3, 0.4) is 0 Å². The van der Waals surface area contributed by atoms with Crippen LogP contribution >= 0.6 is 11.3 Å². The van der Waals surface area contributed by atoms with Crippen LogP contribution in [-0.2, 0) is 19.6 Å². The van der Waals surface area contributed by atoms with E-state index in [4.69, 9.17) is 0 Å². The van der Waals surface area contributed by atoms with E-state index in [-0.39, 0.29) is 0 Å². The Kier molecular flexibility index (Phi) is 3.97. The van der Waals surface area contributed by atoms with Crippen LogP contribution in [0.1, 0.15) is 28.1 Å². The highest BCUT2D eigenvalue weighted by atomic mass is 32.1. The van der Waals surface area contributed by atoms with E-state index in [9.17, 15) is 0 Å². The third-order valence-electron chi connectivity index (χ3n) is 2.94. The lowest BCUT2D eigenvalue weighted by Gasteiger charge is -2.05. The fourth-order valence-electron chi connectivity index (χ4n) is 1.83. The lowest BCUT2D eigenvalue weighted by Crippen LogP contribution is -2.15. The van der Waals surface area contributed by atoms with E-state index in [1.165, 1.54) is 15.3 Å². The largest absolute Gasteiger partial charge is 0.334 e. The monoisotopic (exact) mass is 249 g/mol. The molecular weight excluding hydrogens is 230 g/mol. The quantitative estimate of drug-likeness (QED) is 0.883. The molecule has 3 nitrogen and oxygen atoms in total. The molecule has 0 aliphatic rings. The molecule has 0 aromatic carbocycles. The van der Waals surface area contributed by atoms with Crippen LogP contribution in [0.5, 0.6) is 0 Å². The van der Waals surface area contributed by atoms with Crippen molar-refractivity contribution in [3.05, 3.63) is 39.6 Å². The fraction of sp³-hybridized carbons (Fsp3) is 0.462. The van der Waals surface area contributed by atoms with E-state index in [2.05, 4.69) is 41.7 Å². The van der Waals surface area contributed by atoms with Crippen LogP contribution in [0.4, 0.5) is 0 Å². The number of hydrogen-bond acceptors (Lipinski definition) is 3. The molecule has 0 aliphatic heterocycles. The Balaban J connectivity index is 1.87. The average molecular weight is 249 g/mol. The van der Waals surface area contributed by atoms with Crippen LogP contribution in [0, 0.1) is 13.8 Å². The van der Waals surface area contributed by atoms with Gasteiger partial charge in [0.25, 0.3) is 0 Å². The molecule has 2 aromatic rings. The van der Waals surface area contributed by atoms with Gasteiger partial charge in [0.15, 0.2) is 0 Å². The van der Waals surface area contributed by atoms with E-state index in [1.54, 1.807) is 0 Å². The van der Waals surface area contributed by atoms with Gasteiger partial charge >= 0.3 is 0 Å². The number of imidazole rings is 1. The lowest BCUT2D eigenvalue weighted by molar-refractivity contribution is 0.616. The standard InChI is InChI=1S/C13H19N3S/c1-4-16-6-5-15-13(16)9-14-8-12-7-10(2)11(3)17-12/h5-7,14H,4,8-9H2,1-3H3. The number of hydrogen-bond donors (Lipinski definition) is 1. The van der Waals surface area contributed by atoms with Gasteiger partial charge in [-0.25, -0.2) is 4.98 Å². The fourth-order valence-corrected chi connectivity index (χ4v) is 2.85. The van der Waals surface area contributed by atoms with Gasteiger partial charge in [0.2, 0.25) is 0 Å². The van der Waals surface area contributed by atoms with Crippen molar-refractivity contribution in [1.29, 1.82) is 0 Å². The van der Waals surface area contributed by atoms with Gasteiger partial charge in [0.1, 0.15) is 5.82 Å². The van der Waals surface area contributed by atoms with E-state index < -0.39 is 0 Å². The van der Waals surface area contributed by atoms with Crippen molar-refractivity contribution in [2.24, 2.45) is 0 Å². The predicted molar refractivity (Wildman–Crippen MR) is 72.2 cm³/mol. The summed E-state index contributed by atoms with van der Waals surface area (Å²) in [7, 11) is 0. The maximum Gasteiger partial charge on any atom is 0.122 e. The van der Waals surface area contributed by atoms with Crippen LogP contribution in [0.15, 0.2) is 18.5 Å². The van der Waals surface area contributed by atoms with Crippen molar-refractivity contribution in [3.63, 3.8) is 0 Å². The van der Waals surface area contributed by atoms with Crippen LogP contribution < -0.4 is 5.32 Å². The molecule has 17 heavy (non-hydrogen) atoms. The van der Waals surface area contributed by atoms with Gasteiger partial charge in [-0.2, -0.15) is 0 Å². The first-order chi connectivity index (χ1) is 8.20. The van der Waals surface area contributed by atoms with Gasteiger partial charge in [0.05, 0.1) is 6.54 Å². The Hall–Kier alpha value is -1.13.